The lowest BCUT2D eigenvalue weighted by Gasteiger charge is -2.33. The summed E-state index contributed by atoms with van der Waals surface area (Å²) in [6.45, 7) is 7.13. The van der Waals surface area contributed by atoms with Crippen molar-refractivity contribution >= 4 is 17.5 Å². The molecule has 1 aliphatic heterocycles. The highest BCUT2D eigenvalue weighted by Gasteiger charge is 2.16. The third kappa shape index (κ3) is 5.27. The van der Waals surface area contributed by atoms with E-state index in [1.54, 1.807) is 18.3 Å². The van der Waals surface area contributed by atoms with Crippen molar-refractivity contribution in [3.63, 3.8) is 0 Å². The first-order chi connectivity index (χ1) is 11.1. The maximum Gasteiger partial charge on any atom is 0.263 e. The van der Waals surface area contributed by atoms with Crippen molar-refractivity contribution in [1.29, 1.82) is 5.26 Å². The number of benzene rings is 1. The van der Waals surface area contributed by atoms with Crippen molar-refractivity contribution in [3.05, 3.63) is 46.6 Å². The number of nitriles is 1. The molecule has 1 saturated heterocycles. The Balaban J connectivity index is 1.89. The van der Waals surface area contributed by atoms with Crippen LogP contribution >= 0.6 is 11.6 Å². The van der Waals surface area contributed by atoms with Gasteiger partial charge in [-0.1, -0.05) is 30.7 Å². The van der Waals surface area contributed by atoms with Crippen LogP contribution in [0.5, 0.6) is 0 Å². The number of halogens is 1. The van der Waals surface area contributed by atoms with Gasteiger partial charge in [-0.05, 0) is 24.2 Å². The van der Waals surface area contributed by atoms with Crippen LogP contribution in [0.1, 0.15) is 12.5 Å². The monoisotopic (exact) mass is 332 g/mol. The molecule has 6 heteroatoms. The molecule has 1 aromatic carbocycles. The molecule has 1 aliphatic rings. The van der Waals surface area contributed by atoms with Gasteiger partial charge in [-0.25, -0.2) is 0 Å². The summed E-state index contributed by atoms with van der Waals surface area (Å²) in [6.07, 6.45) is 1.67. The van der Waals surface area contributed by atoms with E-state index in [-0.39, 0.29) is 11.5 Å². The molecule has 1 N–H and O–H groups in total. The van der Waals surface area contributed by atoms with Crippen LogP contribution < -0.4 is 5.32 Å². The molecule has 0 radical (unpaired) electrons. The van der Waals surface area contributed by atoms with Crippen molar-refractivity contribution in [1.82, 2.24) is 15.1 Å². The molecule has 0 aromatic heterocycles. The Morgan fingerprint density at radius 1 is 1.30 bits per heavy atom. The topological polar surface area (TPSA) is 59.4 Å². The van der Waals surface area contributed by atoms with E-state index in [0.29, 0.717) is 11.6 Å². The maximum atomic E-state index is 12.1. The molecular weight excluding hydrogens is 312 g/mol. The average Bonchev–Trinajstić information content (AvgIpc) is 2.59. The maximum absolute atomic E-state index is 12.1. The fourth-order valence-corrected chi connectivity index (χ4v) is 2.54. The molecule has 0 bridgehead atoms. The molecule has 1 fully saturated rings. The van der Waals surface area contributed by atoms with Crippen molar-refractivity contribution in [2.75, 3.05) is 32.7 Å². The van der Waals surface area contributed by atoms with Crippen LogP contribution in [0.2, 0.25) is 5.02 Å². The van der Waals surface area contributed by atoms with Crippen LogP contribution in [0.4, 0.5) is 0 Å². The standard InChI is InChI=1S/C17H21ClN4O/c1-2-21-7-9-22(10-8-21)13-15(11-19)17(23)20-12-14-3-5-16(18)6-4-14/h3-6,13H,2,7-10,12H2,1H3,(H,20,23)/b15-13-. The normalized spacial score (nSPS) is 16.0. The largest absolute Gasteiger partial charge is 0.374 e. The molecule has 0 unspecified atom stereocenters. The number of rotatable bonds is 5. The zero-order valence-corrected chi connectivity index (χ0v) is 14.0. The summed E-state index contributed by atoms with van der Waals surface area (Å²) in [6, 6.07) is 9.24. The van der Waals surface area contributed by atoms with Gasteiger partial charge in [0.25, 0.3) is 5.91 Å². The first-order valence-corrected chi connectivity index (χ1v) is 8.11. The van der Waals surface area contributed by atoms with E-state index in [0.717, 1.165) is 38.3 Å². The van der Waals surface area contributed by atoms with Gasteiger partial charge in [0.05, 0.1) is 0 Å². The summed E-state index contributed by atoms with van der Waals surface area (Å²) in [7, 11) is 0. The molecule has 1 heterocycles. The van der Waals surface area contributed by atoms with Crippen LogP contribution in [0.3, 0.4) is 0 Å². The van der Waals surface area contributed by atoms with E-state index in [1.807, 2.05) is 23.1 Å². The van der Waals surface area contributed by atoms with Crippen molar-refractivity contribution < 1.29 is 4.79 Å². The average molecular weight is 333 g/mol. The highest BCUT2D eigenvalue weighted by Crippen LogP contribution is 2.09. The number of amides is 1. The fraction of sp³-hybridized carbons (Fsp3) is 0.412. The van der Waals surface area contributed by atoms with Crippen molar-refractivity contribution in [2.24, 2.45) is 0 Å². The van der Waals surface area contributed by atoms with Gasteiger partial charge in [0, 0.05) is 43.9 Å². The van der Waals surface area contributed by atoms with Crippen LogP contribution in [0.15, 0.2) is 36.0 Å². The first-order valence-electron chi connectivity index (χ1n) is 7.73. The number of carbonyl (C=O) groups excluding carboxylic acids is 1. The van der Waals surface area contributed by atoms with E-state index in [1.165, 1.54) is 0 Å². The number of hydrogen-bond donors (Lipinski definition) is 1. The van der Waals surface area contributed by atoms with Gasteiger partial charge in [-0.2, -0.15) is 5.26 Å². The molecule has 122 valence electrons. The molecule has 0 saturated carbocycles. The van der Waals surface area contributed by atoms with Crippen molar-refractivity contribution in [3.8, 4) is 6.07 Å². The molecule has 1 aromatic rings. The Kier molecular flexibility index (Phi) is 6.45. The highest BCUT2D eigenvalue weighted by atomic mass is 35.5. The lowest BCUT2D eigenvalue weighted by atomic mass is 10.2. The van der Waals surface area contributed by atoms with Crippen LogP contribution in [-0.4, -0.2) is 48.4 Å². The Bertz CT molecular complexity index is 598. The predicted octanol–water partition coefficient (Wildman–Crippen LogP) is 2.00. The second kappa shape index (κ2) is 8.56. The Labute approximate surface area is 142 Å². The molecule has 2 rings (SSSR count). The number of likely N-dealkylation sites (N-methyl/N-ethyl adjacent to an activating group) is 1. The van der Waals surface area contributed by atoms with Gasteiger partial charge >= 0.3 is 0 Å². The van der Waals surface area contributed by atoms with Gasteiger partial charge in [-0.3, -0.25) is 4.79 Å². The third-order valence-corrected chi connectivity index (χ3v) is 4.15. The van der Waals surface area contributed by atoms with Crippen molar-refractivity contribution in [2.45, 2.75) is 13.5 Å². The van der Waals surface area contributed by atoms with Crippen LogP contribution in [0, 0.1) is 11.3 Å². The highest BCUT2D eigenvalue weighted by molar-refractivity contribution is 6.30. The second-order valence-electron chi connectivity index (χ2n) is 5.43. The quantitative estimate of drug-likeness (QED) is 0.662. The molecule has 0 aliphatic carbocycles. The second-order valence-corrected chi connectivity index (χ2v) is 5.87. The SMILES string of the molecule is CCN1CCN(/C=C(/C#N)C(=O)NCc2ccc(Cl)cc2)CC1. The third-order valence-electron chi connectivity index (χ3n) is 3.90. The molecular formula is C17H21ClN4O. The summed E-state index contributed by atoms with van der Waals surface area (Å²) in [4.78, 5) is 16.5. The zero-order chi connectivity index (χ0) is 16.7. The summed E-state index contributed by atoms with van der Waals surface area (Å²) in [5.41, 5.74) is 1.08. The summed E-state index contributed by atoms with van der Waals surface area (Å²) in [5, 5.41) is 12.7. The van der Waals surface area contributed by atoms with Gasteiger partial charge < -0.3 is 15.1 Å². The lowest BCUT2D eigenvalue weighted by Crippen LogP contribution is -2.44. The van der Waals surface area contributed by atoms with Gasteiger partial charge in [-0.15, -0.1) is 0 Å². The summed E-state index contributed by atoms with van der Waals surface area (Å²) < 4.78 is 0. The minimum absolute atomic E-state index is 0.143. The predicted molar refractivity (Wildman–Crippen MR) is 90.7 cm³/mol. The van der Waals surface area contributed by atoms with E-state index in [4.69, 9.17) is 11.6 Å². The Morgan fingerprint density at radius 2 is 1.96 bits per heavy atom. The summed E-state index contributed by atoms with van der Waals surface area (Å²) >= 11 is 5.83. The van der Waals surface area contributed by atoms with Crippen LogP contribution in [-0.2, 0) is 11.3 Å². The smallest absolute Gasteiger partial charge is 0.263 e. The number of piperazine rings is 1. The molecule has 5 nitrogen and oxygen atoms in total. The van der Waals surface area contributed by atoms with Crippen LogP contribution in [0.25, 0.3) is 0 Å². The Morgan fingerprint density at radius 3 is 2.52 bits per heavy atom. The molecule has 0 spiro atoms. The zero-order valence-electron chi connectivity index (χ0n) is 13.3. The summed E-state index contributed by atoms with van der Waals surface area (Å²) in [5.74, 6) is -0.347. The number of carbonyl (C=O) groups is 1. The minimum atomic E-state index is -0.347. The first kappa shape index (κ1) is 17.3. The number of nitrogens with zero attached hydrogens (tertiary/aromatic N) is 3. The minimum Gasteiger partial charge on any atom is -0.374 e. The van der Waals surface area contributed by atoms with E-state index in [9.17, 15) is 10.1 Å². The molecule has 0 atom stereocenters. The van der Waals surface area contributed by atoms with Gasteiger partial charge in [0.2, 0.25) is 0 Å². The number of nitrogens with one attached hydrogen (secondary N) is 1. The van der Waals surface area contributed by atoms with E-state index >= 15 is 0 Å². The van der Waals surface area contributed by atoms with E-state index < -0.39 is 0 Å². The molecule has 1 amide bonds. The number of hydrogen-bond acceptors (Lipinski definition) is 4. The van der Waals surface area contributed by atoms with Gasteiger partial charge in [0.1, 0.15) is 11.6 Å². The Hall–Kier alpha value is -2.03. The van der Waals surface area contributed by atoms with E-state index in [2.05, 4.69) is 17.1 Å². The fourth-order valence-electron chi connectivity index (χ4n) is 2.41. The van der Waals surface area contributed by atoms with Gasteiger partial charge in [0.15, 0.2) is 0 Å². The lowest BCUT2D eigenvalue weighted by molar-refractivity contribution is -0.117. The molecule has 23 heavy (non-hydrogen) atoms.